The van der Waals surface area contributed by atoms with Crippen molar-refractivity contribution in [1.29, 1.82) is 0 Å². The first-order chi connectivity index (χ1) is 17.1. The summed E-state index contributed by atoms with van der Waals surface area (Å²) >= 11 is 0. The van der Waals surface area contributed by atoms with Crippen molar-refractivity contribution in [3.8, 4) is 5.75 Å². The van der Waals surface area contributed by atoms with Gasteiger partial charge in [-0.15, -0.1) is 0 Å². The molecule has 4 rings (SSSR count). The Kier molecular flexibility index (Phi) is 7.56. The average Bonchev–Trinajstić information content (AvgIpc) is 3.33. The molecule has 2 aliphatic heterocycles. The molecular formula is C26H30F3N3O4. The first kappa shape index (κ1) is 26.0. The van der Waals surface area contributed by atoms with Gasteiger partial charge in [-0.25, -0.2) is 0 Å². The summed E-state index contributed by atoms with van der Waals surface area (Å²) in [4.78, 5) is 27.0. The minimum atomic E-state index is -4.44. The molecule has 2 aromatic rings. The lowest BCUT2D eigenvalue weighted by Crippen LogP contribution is -2.61. The van der Waals surface area contributed by atoms with Crippen LogP contribution in [-0.4, -0.2) is 54.7 Å². The van der Waals surface area contributed by atoms with Crippen molar-refractivity contribution in [2.75, 3.05) is 26.3 Å². The molecule has 10 heteroatoms. The van der Waals surface area contributed by atoms with Crippen molar-refractivity contribution in [3.63, 3.8) is 0 Å². The van der Waals surface area contributed by atoms with Gasteiger partial charge in [0.15, 0.2) is 0 Å². The highest BCUT2D eigenvalue weighted by Crippen LogP contribution is 2.35. The molecule has 2 aliphatic rings. The molecule has 1 unspecified atom stereocenters. The summed E-state index contributed by atoms with van der Waals surface area (Å²) in [7, 11) is 0. The highest BCUT2D eigenvalue weighted by atomic mass is 19.4. The SMILES string of the molecule is C[C@H](NC(=O)C1(N2CCC(Oc3cccc(C(F)(F)F)c3)C2)CCOCC1)c1ccc(C(N)=O)cc1. The normalized spacial score (nSPS) is 21.1. The number of amides is 2. The molecular weight excluding hydrogens is 475 g/mol. The summed E-state index contributed by atoms with van der Waals surface area (Å²) in [5.74, 6) is -0.484. The molecule has 7 nitrogen and oxygen atoms in total. The van der Waals surface area contributed by atoms with Gasteiger partial charge in [-0.1, -0.05) is 18.2 Å². The predicted octanol–water partition coefficient (Wildman–Crippen LogP) is 3.68. The van der Waals surface area contributed by atoms with Gasteiger partial charge in [0, 0.05) is 31.9 Å². The summed E-state index contributed by atoms with van der Waals surface area (Å²) in [5, 5.41) is 3.10. The second kappa shape index (κ2) is 10.5. The van der Waals surface area contributed by atoms with Gasteiger partial charge in [0.05, 0.1) is 11.6 Å². The number of likely N-dealkylation sites (tertiary alicyclic amines) is 1. The maximum absolute atomic E-state index is 13.6. The Balaban J connectivity index is 1.45. The van der Waals surface area contributed by atoms with E-state index in [1.165, 1.54) is 12.1 Å². The van der Waals surface area contributed by atoms with Crippen LogP contribution in [0.4, 0.5) is 13.2 Å². The Morgan fingerprint density at radius 2 is 1.86 bits per heavy atom. The lowest BCUT2D eigenvalue weighted by Gasteiger charge is -2.43. The summed E-state index contributed by atoms with van der Waals surface area (Å²) < 4.78 is 50.6. The number of ether oxygens (including phenoxy) is 2. The van der Waals surface area contributed by atoms with Crippen LogP contribution in [0.3, 0.4) is 0 Å². The molecule has 2 fully saturated rings. The number of carbonyl (C=O) groups excluding carboxylic acids is 2. The Morgan fingerprint density at radius 3 is 2.50 bits per heavy atom. The van der Waals surface area contributed by atoms with E-state index in [2.05, 4.69) is 10.2 Å². The van der Waals surface area contributed by atoms with Crippen LogP contribution >= 0.6 is 0 Å². The van der Waals surface area contributed by atoms with Crippen LogP contribution in [0.15, 0.2) is 48.5 Å². The number of nitrogens with zero attached hydrogens (tertiary/aromatic N) is 1. The van der Waals surface area contributed by atoms with Crippen molar-refractivity contribution >= 4 is 11.8 Å². The van der Waals surface area contributed by atoms with Crippen LogP contribution in [0.25, 0.3) is 0 Å². The lowest BCUT2D eigenvalue weighted by atomic mass is 9.86. The van der Waals surface area contributed by atoms with Gasteiger partial charge in [-0.2, -0.15) is 13.2 Å². The van der Waals surface area contributed by atoms with Gasteiger partial charge in [-0.3, -0.25) is 14.5 Å². The smallest absolute Gasteiger partial charge is 0.416 e. The minimum Gasteiger partial charge on any atom is -0.489 e. The quantitative estimate of drug-likeness (QED) is 0.599. The molecule has 0 spiro atoms. The molecule has 36 heavy (non-hydrogen) atoms. The molecule has 194 valence electrons. The van der Waals surface area contributed by atoms with E-state index < -0.39 is 23.2 Å². The highest BCUT2D eigenvalue weighted by Gasteiger charge is 2.48. The van der Waals surface area contributed by atoms with Crippen LogP contribution in [0, 0.1) is 0 Å². The molecule has 0 bridgehead atoms. The minimum absolute atomic E-state index is 0.128. The molecule has 0 radical (unpaired) electrons. The zero-order valence-electron chi connectivity index (χ0n) is 20.0. The fourth-order valence-electron chi connectivity index (χ4n) is 4.90. The van der Waals surface area contributed by atoms with Gasteiger partial charge < -0.3 is 20.5 Å². The molecule has 2 aromatic carbocycles. The first-order valence-corrected chi connectivity index (χ1v) is 12.0. The largest absolute Gasteiger partial charge is 0.489 e. The van der Waals surface area contributed by atoms with Crippen LogP contribution in [-0.2, 0) is 15.7 Å². The fraction of sp³-hybridized carbons (Fsp3) is 0.462. The molecule has 2 amide bonds. The number of hydrogen-bond acceptors (Lipinski definition) is 5. The van der Waals surface area contributed by atoms with E-state index >= 15 is 0 Å². The van der Waals surface area contributed by atoms with Gasteiger partial charge in [0.1, 0.15) is 17.4 Å². The molecule has 0 saturated carbocycles. The number of hydrogen-bond donors (Lipinski definition) is 2. The number of rotatable bonds is 7. The number of halogens is 3. The zero-order chi connectivity index (χ0) is 25.9. The highest BCUT2D eigenvalue weighted by molar-refractivity contribution is 5.92. The Hall–Kier alpha value is -3.11. The third-order valence-electron chi connectivity index (χ3n) is 7.00. The summed E-state index contributed by atoms with van der Waals surface area (Å²) in [6, 6.07) is 11.3. The Labute approximate surface area is 207 Å². The summed E-state index contributed by atoms with van der Waals surface area (Å²) in [5.41, 5.74) is 4.98. The topological polar surface area (TPSA) is 93.9 Å². The number of nitrogens with two attached hydrogens (primary N) is 1. The Morgan fingerprint density at radius 1 is 1.17 bits per heavy atom. The van der Waals surface area contributed by atoms with E-state index in [-0.39, 0.29) is 23.8 Å². The molecule has 3 N–H and O–H groups in total. The van der Waals surface area contributed by atoms with Crippen LogP contribution < -0.4 is 15.8 Å². The monoisotopic (exact) mass is 505 g/mol. The van der Waals surface area contributed by atoms with E-state index in [1.54, 1.807) is 24.3 Å². The van der Waals surface area contributed by atoms with E-state index in [0.29, 0.717) is 51.1 Å². The van der Waals surface area contributed by atoms with Crippen molar-refractivity contribution in [3.05, 3.63) is 65.2 Å². The average molecular weight is 506 g/mol. The maximum Gasteiger partial charge on any atom is 0.416 e. The van der Waals surface area contributed by atoms with E-state index in [0.717, 1.165) is 17.7 Å². The number of alkyl halides is 3. The molecule has 0 aliphatic carbocycles. The molecule has 2 atom stereocenters. The van der Waals surface area contributed by atoms with E-state index in [9.17, 15) is 22.8 Å². The summed E-state index contributed by atoms with van der Waals surface area (Å²) in [6.45, 7) is 3.74. The Bertz CT molecular complexity index is 1080. The molecule has 0 aromatic heterocycles. The maximum atomic E-state index is 13.6. The van der Waals surface area contributed by atoms with E-state index in [4.69, 9.17) is 15.2 Å². The summed E-state index contributed by atoms with van der Waals surface area (Å²) in [6.07, 6.45) is -3.18. The number of nitrogens with one attached hydrogen (secondary N) is 1. The number of primary amides is 1. The standard InChI is InChI=1S/C26H30F3N3O4/c1-17(18-5-7-19(8-6-18)23(30)33)31-24(34)25(10-13-35-14-11-25)32-12-9-22(16-32)36-21-4-2-3-20(15-21)26(27,28)29/h2-8,15,17,22H,9-14,16H2,1H3,(H2,30,33)(H,31,34)/t17-,22?/m0/s1. The van der Waals surface area contributed by atoms with Crippen molar-refractivity contribution in [2.24, 2.45) is 5.73 Å². The van der Waals surface area contributed by atoms with Gasteiger partial charge in [-0.05, 0) is 62.1 Å². The van der Waals surface area contributed by atoms with Crippen molar-refractivity contribution < 1.29 is 32.2 Å². The first-order valence-electron chi connectivity index (χ1n) is 12.0. The van der Waals surface area contributed by atoms with Gasteiger partial charge in [0.2, 0.25) is 11.8 Å². The van der Waals surface area contributed by atoms with Crippen LogP contribution in [0.5, 0.6) is 5.75 Å². The third kappa shape index (κ3) is 5.65. The van der Waals surface area contributed by atoms with Crippen molar-refractivity contribution in [2.45, 2.75) is 50.0 Å². The third-order valence-corrected chi connectivity index (χ3v) is 7.00. The van der Waals surface area contributed by atoms with Crippen LogP contribution in [0.1, 0.15) is 53.7 Å². The van der Waals surface area contributed by atoms with Gasteiger partial charge >= 0.3 is 6.18 Å². The fourth-order valence-corrected chi connectivity index (χ4v) is 4.90. The molecule has 2 saturated heterocycles. The number of carbonyl (C=O) groups is 2. The predicted molar refractivity (Wildman–Crippen MR) is 126 cm³/mol. The van der Waals surface area contributed by atoms with Gasteiger partial charge in [0.25, 0.3) is 0 Å². The zero-order valence-corrected chi connectivity index (χ0v) is 20.0. The second-order valence-electron chi connectivity index (χ2n) is 9.33. The molecule has 2 heterocycles. The van der Waals surface area contributed by atoms with E-state index in [1.807, 2.05) is 6.92 Å². The second-order valence-corrected chi connectivity index (χ2v) is 9.33. The number of benzene rings is 2. The van der Waals surface area contributed by atoms with Crippen LogP contribution in [0.2, 0.25) is 0 Å². The lowest BCUT2D eigenvalue weighted by molar-refractivity contribution is -0.141. The van der Waals surface area contributed by atoms with Crippen molar-refractivity contribution in [1.82, 2.24) is 10.2 Å².